The van der Waals surface area contributed by atoms with Gasteiger partial charge in [0.1, 0.15) is 11.3 Å². The third kappa shape index (κ3) is 1.17. The molecule has 0 bridgehead atoms. The van der Waals surface area contributed by atoms with Crippen LogP contribution in [0.15, 0.2) is 12.1 Å². The molecule has 6 heteroatoms. The maximum absolute atomic E-state index is 13.3. The van der Waals surface area contributed by atoms with Gasteiger partial charge in [-0.3, -0.25) is 0 Å². The molecule has 0 aliphatic rings. The van der Waals surface area contributed by atoms with E-state index in [4.69, 9.17) is 17.2 Å². The minimum atomic E-state index is -0.555. The molecule has 1 heterocycles. The summed E-state index contributed by atoms with van der Waals surface area (Å²) < 4.78 is 13.3. The molecule has 0 unspecified atom stereocenters. The quantitative estimate of drug-likeness (QED) is 0.529. The lowest BCUT2D eigenvalue weighted by molar-refractivity contribution is 0.637. The number of nitrogen functional groups attached to an aromatic ring is 3. The van der Waals surface area contributed by atoms with E-state index in [-0.39, 0.29) is 23.0 Å². The average Bonchev–Trinajstić information content (AvgIpc) is 2.07. The van der Waals surface area contributed by atoms with Crippen LogP contribution >= 0.6 is 0 Å². The van der Waals surface area contributed by atoms with Crippen LogP contribution < -0.4 is 17.2 Å². The number of hydrogen-bond donors (Lipinski definition) is 3. The number of aromatic nitrogens is 2. The number of fused-ring (bicyclic) bond motifs is 1. The molecule has 0 saturated heterocycles. The van der Waals surface area contributed by atoms with Crippen molar-refractivity contribution >= 4 is 28.4 Å². The molecule has 0 saturated carbocycles. The molecule has 14 heavy (non-hydrogen) atoms. The Morgan fingerprint density at radius 3 is 2.50 bits per heavy atom. The number of nitrogens with two attached hydrogens (primary N) is 3. The Morgan fingerprint density at radius 2 is 1.79 bits per heavy atom. The molecule has 2 rings (SSSR count). The van der Waals surface area contributed by atoms with Crippen molar-refractivity contribution in [1.29, 1.82) is 0 Å². The summed E-state index contributed by atoms with van der Waals surface area (Å²) in [5, 5.41) is 0.372. The maximum Gasteiger partial charge on any atom is 0.222 e. The fourth-order valence-electron chi connectivity index (χ4n) is 1.25. The van der Waals surface area contributed by atoms with E-state index < -0.39 is 5.82 Å². The Hall–Kier alpha value is -2.11. The molecular weight excluding hydrogens is 185 g/mol. The Bertz CT molecular complexity index is 463. The highest BCUT2D eigenvalue weighted by Gasteiger charge is 2.08. The molecule has 6 N–H and O–H groups in total. The van der Waals surface area contributed by atoms with E-state index in [9.17, 15) is 4.39 Å². The van der Waals surface area contributed by atoms with E-state index in [1.165, 1.54) is 6.07 Å². The first-order valence-corrected chi connectivity index (χ1v) is 3.85. The van der Waals surface area contributed by atoms with E-state index in [1.54, 1.807) is 0 Å². The third-order valence-electron chi connectivity index (χ3n) is 1.82. The van der Waals surface area contributed by atoms with Crippen LogP contribution in [0.25, 0.3) is 10.9 Å². The van der Waals surface area contributed by atoms with Crippen molar-refractivity contribution in [2.24, 2.45) is 0 Å². The fraction of sp³-hybridized carbons (Fsp3) is 0. The highest BCUT2D eigenvalue weighted by atomic mass is 19.1. The lowest BCUT2D eigenvalue weighted by Gasteiger charge is -2.04. The smallest absolute Gasteiger partial charge is 0.222 e. The number of halogens is 1. The van der Waals surface area contributed by atoms with Gasteiger partial charge in [-0.15, -0.1) is 0 Å². The molecule has 1 aromatic heterocycles. The van der Waals surface area contributed by atoms with Crippen LogP contribution in [0.5, 0.6) is 0 Å². The first kappa shape index (κ1) is 8.49. The van der Waals surface area contributed by atoms with Gasteiger partial charge in [0, 0.05) is 11.1 Å². The molecule has 0 aliphatic carbocycles. The van der Waals surface area contributed by atoms with Gasteiger partial charge in [0.2, 0.25) is 5.95 Å². The standard InChI is InChI=1S/C8H8FN5/c9-5-2-3(10)1-4-6(5)13-8(12)14-7(4)11/h1-2H,10H2,(H4,11,12,13,14). The van der Waals surface area contributed by atoms with Crippen molar-refractivity contribution in [2.45, 2.75) is 0 Å². The number of rotatable bonds is 0. The Morgan fingerprint density at radius 1 is 1.07 bits per heavy atom. The molecule has 0 aliphatic heterocycles. The van der Waals surface area contributed by atoms with Gasteiger partial charge in [0.15, 0.2) is 5.82 Å². The monoisotopic (exact) mass is 193 g/mol. The molecule has 0 fully saturated rings. The van der Waals surface area contributed by atoms with Crippen LogP contribution in [0.4, 0.5) is 21.8 Å². The van der Waals surface area contributed by atoms with Gasteiger partial charge in [-0.05, 0) is 12.1 Å². The number of nitrogens with zero attached hydrogens (tertiary/aromatic N) is 2. The van der Waals surface area contributed by atoms with Crippen LogP contribution in [0.3, 0.4) is 0 Å². The van der Waals surface area contributed by atoms with Crippen LogP contribution in [0.2, 0.25) is 0 Å². The highest BCUT2D eigenvalue weighted by molar-refractivity contribution is 5.91. The molecule has 0 atom stereocenters. The van der Waals surface area contributed by atoms with Gasteiger partial charge in [0.25, 0.3) is 0 Å². The normalized spacial score (nSPS) is 10.6. The van der Waals surface area contributed by atoms with Gasteiger partial charge in [0.05, 0.1) is 0 Å². The first-order valence-electron chi connectivity index (χ1n) is 3.85. The van der Waals surface area contributed by atoms with E-state index in [0.717, 1.165) is 6.07 Å². The molecule has 0 amide bonds. The predicted octanol–water partition coefficient (Wildman–Crippen LogP) is 0.515. The van der Waals surface area contributed by atoms with Crippen molar-refractivity contribution < 1.29 is 4.39 Å². The second kappa shape index (κ2) is 2.69. The topological polar surface area (TPSA) is 104 Å². The number of hydrogen-bond acceptors (Lipinski definition) is 5. The summed E-state index contributed by atoms with van der Waals surface area (Å²) in [6, 6.07) is 2.67. The van der Waals surface area contributed by atoms with Gasteiger partial charge in [-0.1, -0.05) is 0 Å². The van der Waals surface area contributed by atoms with Crippen molar-refractivity contribution in [3.63, 3.8) is 0 Å². The minimum absolute atomic E-state index is 0.0568. The molecule has 72 valence electrons. The van der Waals surface area contributed by atoms with Gasteiger partial charge in [-0.25, -0.2) is 9.37 Å². The fourth-order valence-corrected chi connectivity index (χ4v) is 1.25. The largest absolute Gasteiger partial charge is 0.399 e. The van der Waals surface area contributed by atoms with Crippen LogP contribution in [0.1, 0.15) is 0 Å². The first-order chi connectivity index (χ1) is 6.58. The lowest BCUT2D eigenvalue weighted by atomic mass is 10.2. The summed E-state index contributed by atoms with van der Waals surface area (Å²) in [7, 11) is 0. The molecular formula is C8H8FN5. The molecule has 0 radical (unpaired) electrons. The van der Waals surface area contributed by atoms with Crippen molar-refractivity contribution in [1.82, 2.24) is 9.97 Å². The summed E-state index contributed by atoms with van der Waals surface area (Å²) in [5.74, 6) is -0.488. The SMILES string of the molecule is Nc1cc(F)c2nc(N)nc(N)c2c1. The Balaban J connectivity index is 2.94. The van der Waals surface area contributed by atoms with E-state index >= 15 is 0 Å². The molecule has 1 aromatic carbocycles. The van der Waals surface area contributed by atoms with E-state index in [1.807, 2.05) is 0 Å². The number of benzene rings is 1. The van der Waals surface area contributed by atoms with Crippen molar-refractivity contribution in [2.75, 3.05) is 17.2 Å². The zero-order valence-corrected chi connectivity index (χ0v) is 7.16. The second-order valence-corrected chi connectivity index (χ2v) is 2.87. The predicted molar refractivity (Wildman–Crippen MR) is 52.7 cm³/mol. The van der Waals surface area contributed by atoms with Crippen molar-refractivity contribution in [3.8, 4) is 0 Å². The Labute approximate surface area is 78.7 Å². The summed E-state index contributed by atoms with van der Waals surface area (Å²) in [5.41, 5.74) is 16.7. The zero-order valence-electron chi connectivity index (χ0n) is 7.16. The molecule has 0 spiro atoms. The van der Waals surface area contributed by atoms with Gasteiger partial charge < -0.3 is 17.2 Å². The molecule has 2 aromatic rings. The zero-order chi connectivity index (χ0) is 10.3. The number of anilines is 3. The maximum atomic E-state index is 13.3. The van der Waals surface area contributed by atoms with Crippen LogP contribution in [-0.4, -0.2) is 9.97 Å². The average molecular weight is 193 g/mol. The van der Waals surface area contributed by atoms with Gasteiger partial charge in [-0.2, -0.15) is 4.98 Å². The van der Waals surface area contributed by atoms with E-state index in [0.29, 0.717) is 5.39 Å². The summed E-state index contributed by atoms with van der Waals surface area (Å²) >= 11 is 0. The lowest BCUT2D eigenvalue weighted by Crippen LogP contribution is -2.02. The minimum Gasteiger partial charge on any atom is -0.399 e. The third-order valence-corrected chi connectivity index (χ3v) is 1.82. The Kier molecular flexibility index (Phi) is 1.63. The van der Waals surface area contributed by atoms with Crippen molar-refractivity contribution in [3.05, 3.63) is 17.9 Å². The van der Waals surface area contributed by atoms with E-state index in [2.05, 4.69) is 9.97 Å². The highest BCUT2D eigenvalue weighted by Crippen LogP contribution is 2.23. The van der Waals surface area contributed by atoms with Crippen LogP contribution in [-0.2, 0) is 0 Å². The van der Waals surface area contributed by atoms with Crippen LogP contribution in [0, 0.1) is 5.82 Å². The summed E-state index contributed by atoms with van der Waals surface area (Å²) in [4.78, 5) is 7.44. The van der Waals surface area contributed by atoms with Gasteiger partial charge >= 0.3 is 0 Å². The summed E-state index contributed by atoms with van der Waals surface area (Å²) in [6.07, 6.45) is 0. The molecule has 5 nitrogen and oxygen atoms in total. The second-order valence-electron chi connectivity index (χ2n) is 2.87. The summed E-state index contributed by atoms with van der Waals surface area (Å²) in [6.45, 7) is 0.